The summed E-state index contributed by atoms with van der Waals surface area (Å²) >= 11 is 0. The summed E-state index contributed by atoms with van der Waals surface area (Å²) in [6.45, 7) is 0. The van der Waals surface area contributed by atoms with Crippen LogP contribution in [-0.4, -0.2) is 35.6 Å². The molecule has 0 aliphatic heterocycles. The second kappa shape index (κ2) is 8.98. The van der Waals surface area contributed by atoms with Gasteiger partial charge in [-0.15, -0.1) is 0 Å². The minimum absolute atomic E-state index is 0.239. The highest BCUT2D eigenvalue weighted by Gasteiger charge is 2.24. The Balaban J connectivity index is 1.52. The zero-order valence-corrected chi connectivity index (χ0v) is 19.5. The predicted molar refractivity (Wildman–Crippen MR) is 129 cm³/mol. The SMILES string of the molecule is COc1ccc(-c2nc3ncccn3c2-c2ccc(S(=O)(=O)CC3CCCCC3)cc2)cc1. The van der Waals surface area contributed by atoms with Crippen molar-refractivity contribution in [3.8, 4) is 28.3 Å². The van der Waals surface area contributed by atoms with Gasteiger partial charge in [0, 0.05) is 23.5 Å². The molecule has 0 spiro atoms. The van der Waals surface area contributed by atoms with Crippen LogP contribution >= 0.6 is 0 Å². The second-order valence-electron chi connectivity index (χ2n) is 8.64. The fourth-order valence-corrected chi connectivity index (χ4v) is 6.39. The van der Waals surface area contributed by atoms with Crippen molar-refractivity contribution in [1.29, 1.82) is 0 Å². The van der Waals surface area contributed by atoms with Gasteiger partial charge in [0.25, 0.3) is 0 Å². The number of methoxy groups -OCH3 is 1. The molecule has 0 radical (unpaired) electrons. The van der Waals surface area contributed by atoms with E-state index in [2.05, 4.69) is 4.98 Å². The van der Waals surface area contributed by atoms with E-state index in [1.165, 1.54) is 6.42 Å². The molecule has 7 heteroatoms. The third-order valence-electron chi connectivity index (χ3n) is 6.43. The quantitative estimate of drug-likeness (QED) is 0.383. The molecule has 1 aliphatic rings. The highest BCUT2D eigenvalue weighted by molar-refractivity contribution is 7.91. The molecule has 1 aliphatic carbocycles. The molecule has 33 heavy (non-hydrogen) atoms. The third-order valence-corrected chi connectivity index (χ3v) is 8.33. The van der Waals surface area contributed by atoms with Crippen LogP contribution in [0.4, 0.5) is 0 Å². The number of benzene rings is 2. The summed E-state index contributed by atoms with van der Waals surface area (Å²) in [6.07, 6.45) is 9.14. The molecule has 0 bridgehead atoms. The maximum Gasteiger partial charge on any atom is 0.234 e. The van der Waals surface area contributed by atoms with Gasteiger partial charge in [0.15, 0.2) is 9.84 Å². The summed E-state index contributed by atoms with van der Waals surface area (Å²) in [7, 11) is -1.67. The van der Waals surface area contributed by atoms with Crippen LogP contribution in [0.15, 0.2) is 71.9 Å². The Hall–Kier alpha value is -3.19. The molecule has 170 valence electrons. The minimum atomic E-state index is -3.31. The van der Waals surface area contributed by atoms with Gasteiger partial charge in [-0.25, -0.2) is 18.4 Å². The summed E-state index contributed by atoms with van der Waals surface area (Å²) < 4.78 is 33.3. The Labute approximate surface area is 194 Å². The Morgan fingerprint density at radius 1 is 0.970 bits per heavy atom. The number of hydrogen-bond acceptors (Lipinski definition) is 5. The summed E-state index contributed by atoms with van der Waals surface area (Å²) in [4.78, 5) is 9.54. The summed E-state index contributed by atoms with van der Waals surface area (Å²) in [5.74, 6) is 1.88. The van der Waals surface area contributed by atoms with Crippen molar-refractivity contribution < 1.29 is 13.2 Å². The zero-order valence-electron chi connectivity index (χ0n) is 18.6. The molecule has 1 fully saturated rings. The fourth-order valence-electron chi connectivity index (χ4n) is 4.69. The van der Waals surface area contributed by atoms with Gasteiger partial charge in [-0.3, -0.25) is 4.40 Å². The van der Waals surface area contributed by atoms with E-state index in [-0.39, 0.29) is 11.7 Å². The molecule has 2 heterocycles. The van der Waals surface area contributed by atoms with Crippen LogP contribution in [0.3, 0.4) is 0 Å². The van der Waals surface area contributed by atoms with Crippen LogP contribution in [0.25, 0.3) is 28.3 Å². The van der Waals surface area contributed by atoms with Gasteiger partial charge in [0.1, 0.15) is 5.75 Å². The largest absolute Gasteiger partial charge is 0.497 e. The lowest BCUT2D eigenvalue weighted by molar-refractivity contribution is 0.385. The number of rotatable bonds is 6. The first-order valence-corrected chi connectivity index (χ1v) is 13.0. The number of hydrogen-bond donors (Lipinski definition) is 0. The maximum atomic E-state index is 13.0. The molecule has 0 atom stereocenters. The van der Waals surface area contributed by atoms with Crippen LogP contribution in [0.5, 0.6) is 5.75 Å². The smallest absolute Gasteiger partial charge is 0.234 e. The monoisotopic (exact) mass is 461 g/mol. The van der Waals surface area contributed by atoms with E-state index >= 15 is 0 Å². The van der Waals surface area contributed by atoms with Crippen LogP contribution in [0.1, 0.15) is 32.1 Å². The molecule has 4 aromatic rings. The highest BCUT2D eigenvalue weighted by Crippen LogP contribution is 2.34. The van der Waals surface area contributed by atoms with Gasteiger partial charge in [-0.05, 0) is 61.2 Å². The molecular formula is C26H27N3O3S. The zero-order chi connectivity index (χ0) is 22.8. The topological polar surface area (TPSA) is 73.6 Å². The second-order valence-corrected chi connectivity index (χ2v) is 10.7. The fraction of sp³-hybridized carbons (Fsp3) is 0.308. The van der Waals surface area contributed by atoms with Crippen molar-refractivity contribution >= 4 is 15.6 Å². The van der Waals surface area contributed by atoms with Crippen LogP contribution in [0.2, 0.25) is 0 Å². The summed E-state index contributed by atoms with van der Waals surface area (Å²) in [5, 5.41) is 0. The van der Waals surface area contributed by atoms with Gasteiger partial charge in [-0.2, -0.15) is 0 Å². The van der Waals surface area contributed by atoms with E-state index < -0.39 is 9.84 Å². The Kier molecular flexibility index (Phi) is 5.89. The molecular weight excluding hydrogens is 434 g/mol. The molecule has 2 aromatic heterocycles. The minimum Gasteiger partial charge on any atom is -0.497 e. The highest BCUT2D eigenvalue weighted by atomic mass is 32.2. The average molecular weight is 462 g/mol. The van der Waals surface area contributed by atoms with Gasteiger partial charge >= 0.3 is 0 Å². The first kappa shape index (κ1) is 21.6. The van der Waals surface area contributed by atoms with Gasteiger partial charge in [-0.1, -0.05) is 31.4 Å². The van der Waals surface area contributed by atoms with Crippen LogP contribution in [-0.2, 0) is 9.84 Å². The number of aromatic nitrogens is 3. The number of ether oxygens (including phenoxy) is 1. The van der Waals surface area contributed by atoms with Crippen molar-refractivity contribution in [2.24, 2.45) is 5.92 Å². The Morgan fingerprint density at radius 2 is 1.67 bits per heavy atom. The lowest BCUT2D eigenvalue weighted by Crippen LogP contribution is -2.18. The van der Waals surface area contributed by atoms with Gasteiger partial charge in [0.2, 0.25) is 5.78 Å². The first-order chi connectivity index (χ1) is 16.0. The molecule has 1 saturated carbocycles. The number of nitrogens with zero attached hydrogens (tertiary/aromatic N) is 3. The summed E-state index contributed by atoms with van der Waals surface area (Å²) in [6, 6.07) is 16.8. The van der Waals surface area contributed by atoms with Gasteiger partial charge < -0.3 is 4.74 Å². The standard InChI is InChI=1S/C26H27N3O3S/c1-32-22-12-8-20(9-13-22)24-25(29-17-5-16-27-26(29)28-24)21-10-14-23(15-11-21)33(30,31)18-19-6-3-2-4-7-19/h5,8-17,19H,2-4,6-7,18H2,1H3. The van der Waals surface area contributed by atoms with Crippen LogP contribution in [0, 0.1) is 5.92 Å². The number of sulfone groups is 1. The lowest BCUT2D eigenvalue weighted by atomic mass is 9.91. The summed E-state index contributed by atoms with van der Waals surface area (Å²) in [5.41, 5.74) is 3.48. The van der Waals surface area contributed by atoms with Crippen molar-refractivity contribution in [3.05, 3.63) is 67.0 Å². The normalized spacial score (nSPS) is 15.1. The van der Waals surface area contributed by atoms with Crippen LogP contribution < -0.4 is 4.74 Å². The first-order valence-electron chi connectivity index (χ1n) is 11.4. The third kappa shape index (κ3) is 4.37. The van der Waals surface area contributed by atoms with Crippen molar-refractivity contribution in [3.63, 3.8) is 0 Å². The van der Waals surface area contributed by atoms with Crippen molar-refractivity contribution in [2.45, 2.75) is 37.0 Å². The maximum absolute atomic E-state index is 13.0. The molecule has 6 nitrogen and oxygen atoms in total. The van der Waals surface area contributed by atoms with Crippen molar-refractivity contribution in [2.75, 3.05) is 12.9 Å². The van der Waals surface area contributed by atoms with Crippen molar-refractivity contribution in [1.82, 2.24) is 14.4 Å². The Morgan fingerprint density at radius 3 is 2.36 bits per heavy atom. The van der Waals surface area contributed by atoms with E-state index in [1.54, 1.807) is 25.4 Å². The molecule has 0 unspecified atom stereocenters. The Bertz CT molecular complexity index is 1350. The molecule has 0 amide bonds. The van der Waals surface area contributed by atoms with Gasteiger partial charge in [0.05, 0.1) is 29.1 Å². The number of imidazole rings is 1. The predicted octanol–water partition coefficient (Wildman–Crippen LogP) is 5.43. The van der Waals surface area contributed by atoms with E-state index in [0.717, 1.165) is 53.9 Å². The average Bonchev–Trinajstić information content (AvgIpc) is 3.24. The van der Waals surface area contributed by atoms with E-state index in [0.29, 0.717) is 10.7 Å². The molecule has 0 N–H and O–H groups in total. The van der Waals surface area contributed by atoms with E-state index in [9.17, 15) is 8.42 Å². The molecule has 5 rings (SSSR count). The lowest BCUT2D eigenvalue weighted by Gasteiger charge is -2.21. The van der Waals surface area contributed by atoms with E-state index in [4.69, 9.17) is 9.72 Å². The molecule has 2 aromatic carbocycles. The number of fused-ring (bicyclic) bond motifs is 1. The van der Waals surface area contributed by atoms with E-state index in [1.807, 2.05) is 53.1 Å². The molecule has 0 saturated heterocycles.